The Kier molecular flexibility index (Phi) is 5.11. The van der Waals surface area contributed by atoms with Crippen molar-refractivity contribution in [3.63, 3.8) is 0 Å². The number of ketones is 1. The number of hydrogen-bond donors (Lipinski definition) is 0. The second-order valence-corrected chi connectivity index (χ2v) is 5.96. The number of allylic oxidation sites excluding steroid dienone is 4. The molecular weight excluding hydrogens is 272 g/mol. The third-order valence-corrected chi connectivity index (χ3v) is 4.09. The van der Waals surface area contributed by atoms with Crippen molar-refractivity contribution in [2.75, 3.05) is 28.2 Å². The highest BCUT2D eigenvalue weighted by atomic mass is 16.1. The molecule has 0 amide bonds. The fourth-order valence-corrected chi connectivity index (χ4v) is 2.65. The molecule has 0 atom stereocenters. The highest BCUT2D eigenvalue weighted by Crippen LogP contribution is 2.26. The number of hydrogen-bond acceptors (Lipinski definition) is 3. The Hall–Kier alpha value is -1.97. The van der Waals surface area contributed by atoms with E-state index in [9.17, 15) is 4.79 Å². The quantitative estimate of drug-likeness (QED) is 0.361. The van der Waals surface area contributed by atoms with Gasteiger partial charge < -0.3 is 0 Å². The Bertz CT molecular complexity index is 573. The highest BCUT2D eigenvalue weighted by molar-refractivity contribution is 6.04. The lowest BCUT2D eigenvalue weighted by molar-refractivity contribution is 0.0953. The van der Waals surface area contributed by atoms with Gasteiger partial charge in [-0.2, -0.15) is 0 Å². The summed E-state index contributed by atoms with van der Waals surface area (Å²) in [6.45, 7) is 0. The zero-order valence-electron chi connectivity index (χ0n) is 13.7. The molecule has 3 nitrogen and oxygen atoms in total. The van der Waals surface area contributed by atoms with Gasteiger partial charge in [-0.05, 0) is 46.4 Å². The first-order chi connectivity index (χ1) is 10.5. The molecule has 0 saturated heterocycles. The zero-order valence-corrected chi connectivity index (χ0v) is 13.7. The van der Waals surface area contributed by atoms with E-state index in [0.717, 1.165) is 5.56 Å². The van der Waals surface area contributed by atoms with E-state index < -0.39 is 0 Å². The van der Waals surface area contributed by atoms with Gasteiger partial charge in [-0.1, -0.05) is 48.6 Å². The molecule has 0 fully saturated rings. The van der Waals surface area contributed by atoms with Crippen LogP contribution in [-0.4, -0.2) is 49.4 Å². The number of benzene rings is 1. The minimum atomic E-state index is -0.201. The fourth-order valence-electron chi connectivity index (χ4n) is 2.65. The first-order valence-corrected chi connectivity index (χ1v) is 7.47. The Balaban J connectivity index is 2.07. The lowest BCUT2D eigenvalue weighted by Crippen LogP contribution is -2.52. The molecule has 0 saturated carbocycles. The number of rotatable bonds is 5. The Morgan fingerprint density at radius 1 is 1.00 bits per heavy atom. The molecule has 1 aromatic carbocycles. The van der Waals surface area contributed by atoms with Crippen molar-refractivity contribution in [3.8, 4) is 0 Å². The molecule has 0 aliphatic heterocycles. The normalized spacial score (nSPS) is 17.7. The number of carbonyl (C=O) groups is 1. The van der Waals surface area contributed by atoms with Crippen molar-refractivity contribution in [2.24, 2.45) is 5.92 Å². The summed E-state index contributed by atoms with van der Waals surface area (Å²) in [6, 6.07) is 9.34. The predicted octanol–water partition coefficient (Wildman–Crippen LogP) is 2.99. The van der Waals surface area contributed by atoms with Crippen LogP contribution in [0, 0.1) is 5.92 Å². The van der Waals surface area contributed by atoms with E-state index in [4.69, 9.17) is 0 Å². The van der Waals surface area contributed by atoms with Crippen LogP contribution in [0.4, 0.5) is 0 Å². The van der Waals surface area contributed by atoms with Gasteiger partial charge in [-0.25, -0.2) is 0 Å². The van der Waals surface area contributed by atoms with Gasteiger partial charge in [0.1, 0.15) is 5.66 Å². The molecule has 22 heavy (non-hydrogen) atoms. The minimum Gasteiger partial charge on any atom is -0.289 e. The van der Waals surface area contributed by atoms with Crippen LogP contribution in [0.1, 0.15) is 10.4 Å². The molecule has 116 valence electrons. The number of nitrogens with zero attached hydrogens (tertiary/aromatic N) is 2. The summed E-state index contributed by atoms with van der Waals surface area (Å²) in [4.78, 5) is 16.4. The predicted molar refractivity (Wildman–Crippen MR) is 91.8 cm³/mol. The van der Waals surface area contributed by atoms with Gasteiger partial charge in [-0.3, -0.25) is 14.6 Å². The van der Waals surface area contributed by atoms with Crippen LogP contribution < -0.4 is 0 Å². The van der Waals surface area contributed by atoms with Crippen molar-refractivity contribution in [1.29, 1.82) is 0 Å². The van der Waals surface area contributed by atoms with Crippen LogP contribution in [0.2, 0.25) is 0 Å². The van der Waals surface area contributed by atoms with E-state index in [1.54, 1.807) is 6.08 Å². The number of likely N-dealkylation sites (N-methyl/N-ethyl adjacent to an activating group) is 2. The molecule has 1 aliphatic rings. The topological polar surface area (TPSA) is 23.6 Å². The molecular formula is C19H24N2O. The maximum absolute atomic E-state index is 12.1. The minimum absolute atomic E-state index is 0.0412. The van der Waals surface area contributed by atoms with Gasteiger partial charge >= 0.3 is 0 Å². The van der Waals surface area contributed by atoms with E-state index in [0.29, 0.717) is 0 Å². The van der Waals surface area contributed by atoms with E-state index >= 15 is 0 Å². The molecule has 3 heteroatoms. The lowest BCUT2D eigenvalue weighted by atomic mass is 9.93. The van der Waals surface area contributed by atoms with E-state index in [1.807, 2.05) is 36.4 Å². The van der Waals surface area contributed by atoms with Gasteiger partial charge in [0.15, 0.2) is 5.78 Å². The first-order valence-electron chi connectivity index (χ1n) is 7.47. The van der Waals surface area contributed by atoms with Crippen molar-refractivity contribution < 1.29 is 4.79 Å². The van der Waals surface area contributed by atoms with Crippen molar-refractivity contribution in [2.45, 2.75) is 5.66 Å². The average molecular weight is 296 g/mol. The number of carbonyl (C=O) groups excluding carboxylic acids is 1. The third kappa shape index (κ3) is 3.43. The van der Waals surface area contributed by atoms with Crippen LogP contribution in [-0.2, 0) is 0 Å². The fraction of sp³-hybridized carbons (Fsp3) is 0.316. The standard InChI is InChI=1S/C19H24N2O/c1-20(2)19(21(3)4)14-12-16(13-15-19)10-11-18(22)17-8-6-5-7-9-17/h5-16H,1-4H3/b11-10+. The van der Waals surface area contributed by atoms with Gasteiger partial charge in [0.2, 0.25) is 0 Å². The SMILES string of the molecule is CN(C)C1(N(C)C)C=CC(/C=C/C(=O)c2ccccc2)C=C1. The Morgan fingerprint density at radius 3 is 2.05 bits per heavy atom. The van der Waals surface area contributed by atoms with Gasteiger partial charge in [0.05, 0.1) is 0 Å². The molecule has 0 bridgehead atoms. The summed E-state index contributed by atoms with van der Waals surface area (Å²) < 4.78 is 0. The molecule has 0 unspecified atom stereocenters. The maximum Gasteiger partial charge on any atom is 0.185 e. The summed E-state index contributed by atoms with van der Waals surface area (Å²) in [5.74, 6) is 0.195. The van der Waals surface area contributed by atoms with Crippen LogP contribution in [0.3, 0.4) is 0 Å². The van der Waals surface area contributed by atoms with Gasteiger partial charge in [0.25, 0.3) is 0 Å². The lowest BCUT2D eigenvalue weighted by Gasteiger charge is -2.42. The van der Waals surface area contributed by atoms with Crippen LogP contribution in [0.5, 0.6) is 0 Å². The molecule has 0 aromatic heterocycles. The highest BCUT2D eigenvalue weighted by Gasteiger charge is 2.31. The largest absolute Gasteiger partial charge is 0.289 e. The molecule has 1 aromatic rings. The molecule has 2 rings (SSSR count). The smallest absolute Gasteiger partial charge is 0.185 e. The summed E-state index contributed by atoms with van der Waals surface area (Å²) in [7, 11) is 8.24. The monoisotopic (exact) mass is 296 g/mol. The molecule has 0 N–H and O–H groups in total. The third-order valence-electron chi connectivity index (χ3n) is 4.09. The Morgan fingerprint density at radius 2 is 1.55 bits per heavy atom. The Labute approximate surface area is 133 Å². The zero-order chi connectivity index (χ0) is 16.2. The summed E-state index contributed by atoms with van der Waals surface area (Å²) in [5.41, 5.74) is 0.520. The first kappa shape index (κ1) is 16.4. The van der Waals surface area contributed by atoms with Crippen LogP contribution >= 0.6 is 0 Å². The van der Waals surface area contributed by atoms with Crippen molar-refractivity contribution in [3.05, 3.63) is 72.4 Å². The summed E-state index contributed by atoms with van der Waals surface area (Å²) >= 11 is 0. The van der Waals surface area contributed by atoms with E-state index in [2.05, 4.69) is 62.3 Å². The molecule has 1 aliphatic carbocycles. The van der Waals surface area contributed by atoms with E-state index in [-0.39, 0.29) is 17.4 Å². The second kappa shape index (κ2) is 6.86. The molecule has 0 heterocycles. The molecule has 0 spiro atoms. The summed E-state index contributed by atoms with van der Waals surface area (Å²) in [5, 5.41) is 0. The molecule has 0 radical (unpaired) electrons. The van der Waals surface area contributed by atoms with Gasteiger partial charge in [0, 0.05) is 11.5 Å². The second-order valence-electron chi connectivity index (χ2n) is 5.96. The maximum atomic E-state index is 12.1. The average Bonchev–Trinajstić information content (AvgIpc) is 2.53. The van der Waals surface area contributed by atoms with Gasteiger partial charge in [-0.15, -0.1) is 0 Å². The summed E-state index contributed by atoms with van der Waals surface area (Å²) in [6.07, 6.45) is 12.2. The van der Waals surface area contributed by atoms with Crippen molar-refractivity contribution >= 4 is 5.78 Å². The van der Waals surface area contributed by atoms with E-state index in [1.165, 1.54) is 0 Å². The van der Waals surface area contributed by atoms with Crippen LogP contribution in [0.25, 0.3) is 0 Å². The van der Waals surface area contributed by atoms with Crippen LogP contribution in [0.15, 0.2) is 66.8 Å². The van der Waals surface area contributed by atoms with Crippen molar-refractivity contribution in [1.82, 2.24) is 9.80 Å².